The highest BCUT2D eigenvalue weighted by atomic mass is 15.2. The lowest BCUT2D eigenvalue weighted by Crippen LogP contribution is -2.38. The van der Waals surface area contributed by atoms with Gasteiger partial charge in [-0.1, -0.05) is 86.2 Å². The molecule has 10 rings (SSSR count). The number of aromatic nitrogens is 1. The van der Waals surface area contributed by atoms with Crippen molar-refractivity contribution in [1.29, 1.82) is 0 Å². The molecule has 4 atom stereocenters. The van der Waals surface area contributed by atoms with E-state index in [-0.39, 0.29) is 5.41 Å². The van der Waals surface area contributed by atoms with E-state index >= 15 is 0 Å². The quantitative estimate of drug-likeness (QED) is 0.185. The molecule has 5 aliphatic rings. The van der Waals surface area contributed by atoms with E-state index in [1.54, 1.807) is 11.1 Å². The number of rotatable bonds is 3. The van der Waals surface area contributed by atoms with Gasteiger partial charge in [0.1, 0.15) is 5.52 Å². The van der Waals surface area contributed by atoms with Gasteiger partial charge in [-0.2, -0.15) is 0 Å². The molecular weight excluding hydrogens is 569 g/mol. The number of hydrogen-bond acceptors (Lipinski definition) is 1. The average Bonchev–Trinajstić information content (AvgIpc) is 3.71. The summed E-state index contributed by atoms with van der Waals surface area (Å²) in [6.45, 7) is 4.82. The predicted molar refractivity (Wildman–Crippen MR) is 195 cm³/mol. The first-order chi connectivity index (χ1) is 23.1. The summed E-state index contributed by atoms with van der Waals surface area (Å²) in [5, 5.41) is 2.58. The maximum atomic E-state index is 3.52. The van der Waals surface area contributed by atoms with Gasteiger partial charge < -0.3 is 9.47 Å². The van der Waals surface area contributed by atoms with Crippen LogP contribution in [0, 0.1) is 18.1 Å². The predicted octanol–water partition coefficient (Wildman–Crippen LogP) is 10.8. The van der Waals surface area contributed by atoms with Gasteiger partial charge >= 0.3 is 0 Å². The zero-order valence-corrected chi connectivity index (χ0v) is 27.3. The van der Waals surface area contributed by atoms with Gasteiger partial charge in [0, 0.05) is 39.4 Å². The van der Waals surface area contributed by atoms with Crippen LogP contribution in [0.2, 0.25) is 0 Å². The number of benzene rings is 3. The molecule has 1 fully saturated rings. The molecule has 5 aromatic rings. The molecule has 47 heavy (non-hydrogen) atoms. The SMILES string of the molecule is CC1(C)C2=C(C=CCC2)c2ccc(-n3c4c#cccc4c4cc(C5C=C6C(CC5)N(c5ccccc5)C5C=CCC[C@H]65)ccc43)cc21. The van der Waals surface area contributed by atoms with Gasteiger partial charge in [0.05, 0.1) is 17.6 Å². The number of allylic oxidation sites excluding steroid dienone is 6. The molecule has 0 bridgehead atoms. The van der Waals surface area contributed by atoms with Crippen molar-refractivity contribution in [3.05, 3.63) is 149 Å². The lowest BCUT2D eigenvalue weighted by molar-refractivity contribution is 0.526. The molecule has 0 radical (unpaired) electrons. The Bertz CT molecular complexity index is 2200. The minimum atomic E-state index is 0.0447. The summed E-state index contributed by atoms with van der Waals surface area (Å²) in [6, 6.07) is 37.6. The Morgan fingerprint density at radius 2 is 1.74 bits per heavy atom. The van der Waals surface area contributed by atoms with E-state index in [9.17, 15) is 0 Å². The summed E-state index contributed by atoms with van der Waals surface area (Å²) in [5.74, 6) is 1.06. The maximum Gasteiger partial charge on any atom is 0.105 e. The Morgan fingerprint density at radius 1 is 0.830 bits per heavy atom. The van der Waals surface area contributed by atoms with Crippen LogP contribution in [0.25, 0.3) is 33.1 Å². The van der Waals surface area contributed by atoms with Crippen molar-refractivity contribution in [2.75, 3.05) is 4.90 Å². The highest BCUT2D eigenvalue weighted by Crippen LogP contribution is 2.52. The minimum absolute atomic E-state index is 0.0447. The Balaban J connectivity index is 1.06. The van der Waals surface area contributed by atoms with Gasteiger partial charge in [-0.05, 0) is 121 Å². The van der Waals surface area contributed by atoms with Crippen LogP contribution in [0.15, 0.2) is 120 Å². The smallest absolute Gasteiger partial charge is 0.105 e. The van der Waals surface area contributed by atoms with Crippen molar-refractivity contribution in [1.82, 2.24) is 4.57 Å². The van der Waals surface area contributed by atoms with Gasteiger partial charge in [0.15, 0.2) is 0 Å². The molecule has 1 aliphatic heterocycles. The first-order valence-corrected chi connectivity index (χ1v) is 17.7. The standard InChI is InChI=1S/C45H40N2/c1-45(2)39-17-9-6-14-33(39)34-23-22-32(28-40(34)45)47-42-19-11-8-16-36(42)38-27-30(21-25-44(38)47)29-20-24-43-37(26-29)35-15-7-10-18-41(35)46(43)31-12-4-3-5-13-31/h3-6,8,10,12-14,16,18,21-23,25-29,35,41,43H,7,9,15,17,20,24H2,1-2H3/t29?,35-,41?,43?/m1/s1. The Morgan fingerprint density at radius 3 is 2.66 bits per heavy atom. The molecule has 2 nitrogen and oxygen atoms in total. The molecule has 1 saturated heterocycles. The molecule has 0 spiro atoms. The average molecular weight is 609 g/mol. The fourth-order valence-corrected chi connectivity index (χ4v) is 10.0. The number of fused-ring (bicyclic) bond motifs is 8. The molecule has 0 N–H and O–H groups in total. The minimum Gasteiger partial charge on any atom is -0.358 e. The molecule has 1 aromatic heterocycles. The van der Waals surface area contributed by atoms with Crippen molar-refractivity contribution in [2.24, 2.45) is 5.92 Å². The van der Waals surface area contributed by atoms with E-state index in [2.05, 4.69) is 139 Å². The highest BCUT2D eigenvalue weighted by molar-refractivity contribution is 6.09. The molecule has 4 aromatic carbocycles. The van der Waals surface area contributed by atoms with Gasteiger partial charge in [-0.15, -0.1) is 0 Å². The van der Waals surface area contributed by atoms with Crippen LogP contribution in [0.5, 0.6) is 0 Å². The van der Waals surface area contributed by atoms with Crippen molar-refractivity contribution in [3.63, 3.8) is 0 Å². The molecule has 230 valence electrons. The summed E-state index contributed by atoms with van der Waals surface area (Å²) < 4.78 is 2.43. The van der Waals surface area contributed by atoms with E-state index in [1.165, 1.54) is 75.6 Å². The summed E-state index contributed by atoms with van der Waals surface area (Å²) in [5.41, 5.74) is 14.0. The van der Waals surface area contributed by atoms with Crippen LogP contribution in [0.4, 0.5) is 5.69 Å². The van der Waals surface area contributed by atoms with Gasteiger partial charge in [-0.3, -0.25) is 0 Å². The van der Waals surface area contributed by atoms with Crippen LogP contribution >= 0.6 is 0 Å². The summed E-state index contributed by atoms with van der Waals surface area (Å²) in [7, 11) is 0. The normalized spacial score (nSPS) is 25.4. The van der Waals surface area contributed by atoms with Crippen LogP contribution < -0.4 is 4.90 Å². The molecule has 0 saturated carbocycles. The fraction of sp³-hybridized carbons (Fsp3) is 0.289. The van der Waals surface area contributed by atoms with Crippen LogP contribution in [0.1, 0.15) is 75.0 Å². The van der Waals surface area contributed by atoms with Crippen molar-refractivity contribution in [2.45, 2.75) is 75.8 Å². The first-order valence-electron chi connectivity index (χ1n) is 17.7. The topological polar surface area (TPSA) is 8.17 Å². The molecule has 3 unspecified atom stereocenters. The molecule has 2 heterocycles. The second-order valence-corrected chi connectivity index (χ2v) is 14.9. The van der Waals surface area contributed by atoms with Crippen LogP contribution in [0.3, 0.4) is 0 Å². The fourth-order valence-electron chi connectivity index (χ4n) is 10.0. The summed E-state index contributed by atoms with van der Waals surface area (Å²) in [6.07, 6.45) is 19.4. The lowest BCUT2D eigenvalue weighted by atomic mass is 9.77. The maximum absolute atomic E-state index is 3.52. The third-order valence-electron chi connectivity index (χ3n) is 12.2. The number of anilines is 1. The van der Waals surface area contributed by atoms with Crippen LogP contribution in [-0.2, 0) is 5.41 Å². The molecule has 4 aliphatic carbocycles. The van der Waals surface area contributed by atoms with Crippen molar-refractivity contribution < 1.29 is 0 Å². The van der Waals surface area contributed by atoms with E-state index in [1.807, 2.05) is 6.07 Å². The zero-order chi connectivity index (χ0) is 31.3. The van der Waals surface area contributed by atoms with E-state index in [4.69, 9.17) is 0 Å². The summed E-state index contributed by atoms with van der Waals surface area (Å²) in [4.78, 5) is 2.73. The largest absolute Gasteiger partial charge is 0.358 e. The number of hydrogen-bond donors (Lipinski definition) is 0. The monoisotopic (exact) mass is 608 g/mol. The van der Waals surface area contributed by atoms with E-state index in [0.29, 0.717) is 23.9 Å². The second kappa shape index (κ2) is 10.1. The zero-order valence-electron chi connectivity index (χ0n) is 27.3. The number of para-hydroxylation sites is 1. The second-order valence-electron chi connectivity index (χ2n) is 14.9. The summed E-state index contributed by atoms with van der Waals surface area (Å²) >= 11 is 0. The van der Waals surface area contributed by atoms with Gasteiger partial charge in [0.2, 0.25) is 0 Å². The van der Waals surface area contributed by atoms with Crippen molar-refractivity contribution in [3.8, 4) is 5.69 Å². The molecule has 2 heteroatoms. The third kappa shape index (κ3) is 3.93. The van der Waals surface area contributed by atoms with Gasteiger partial charge in [-0.25, -0.2) is 0 Å². The Labute approximate surface area is 278 Å². The number of nitrogens with zero attached hydrogens (tertiary/aromatic N) is 2. The lowest BCUT2D eigenvalue weighted by Gasteiger charge is -2.34. The van der Waals surface area contributed by atoms with Gasteiger partial charge in [0.25, 0.3) is 0 Å². The van der Waals surface area contributed by atoms with Crippen molar-refractivity contribution >= 4 is 33.1 Å². The molecular formula is C45H40N2. The molecule has 0 amide bonds. The highest BCUT2D eigenvalue weighted by Gasteiger charge is 2.46. The first kappa shape index (κ1) is 27.4. The Kier molecular flexibility index (Phi) is 5.90. The van der Waals surface area contributed by atoms with E-state index < -0.39 is 0 Å². The Hall–Kier alpha value is -4.74. The van der Waals surface area contributed by atoms with E-state index in [0.717, 1.165) is 18.4 Å². The van der Waals surface area contributed by atoms with Crippen LogP contribution in [-0.4, -0.2) is 16.7 Å². The third-order valence-corrected chi connectivity index (χ3v) is 12.2.